The van der Waals surface area contributed by atoms with Gasteiger partial charge in [-0.1, -0.05) is 30.3 Å². The number of amides is 2. The quantitative estimate of drug-likeness (QED) is 0.772. The summed E-state index contributed by atoms with van der Waals surface area (Å²) in [6.45, 7) is 5.59. The van der Waals surface area contributed by atoms with Gasteiger partial charge >= 0.3 is 6.03 Å². The van der Waals surface area contributed by atoms with Crippen molar-refractivity contribution in [1.29, 1.82) is 0 Å². The highest BCUT2D eigenvalue weighted by Crippen LogP contribution is 2.46. The van der Waals surface area contributed by atoms with E-state index in [-0.39, 0.29) is 17.1 Å². The summed E-state index contributed by atoms with van der Waals surface area (Å²) in [7, 11) is 4.34. The van der Waals surface area contributed by atoms with Crippen LogP contribution in [0.15, 0.2) is 36.5 Å². The molecular formula is C25H34N6O2. The second-order valence-electron chi connectivity index (χ2n) is 9.83. The average Bonchev–Trinajstić information content (AvgIpc) is 3.16. The van der Waals surface area contributed by atoms with E-state index in [0.29, 0.717) is 25.7 Å². The Hall–Kier alpha value is -2.71. The first kappa shape index (κ1) is 22.1. The molecule has 3 aliphatic rings. The Morgan fingerprint density at radius 3 is 2.39 bits per heavy atom. The van der Waals surface area contributed by atoms with E-state index in [1.165, 1.54) is 5.56 Å². The van der Waals surface area contributed by atoms with E-state index < -0.39 is 0 Å². The summed E-state index contributed by atoms with van der Waals surface area (Å²) in [4.78, 5) is 28.7. The number of urea groups is 1. The molecule has 8 nitrogen and oxygen atoms in total. The molecule has 0 unspecified atom stereocenters. The molecule has 5 rings (SSSR count). The van der Waals surface area contributed by atoms with E-state index in [0.717, 1.165) is 50.2 Å². The lowest BCUT2D eigenvalue weighted by Gasteiger charge is -2.48. The summed E-state index contributed by atoms with van der Waals surface area (Å²) in [5.41, 5.74) is 2.79. The van der Waals surface area contributed by atoms with Gasteiger partial charge in [-0.2, -0.15) is 0 Å². The molecule has 3 heterocycles. The van der Waals surface area contributed by atoms with Crippen molar-refractivity contribution < 1.29 is 9.53 Å². The molecule has 2 amide bonds. The van der Waals surface area contributed by atoms with Crippen LogP contribution in [0.1, 0.15) is 36.9 Å². The molecule has 1 aromatic carbocycles. The Balaban J connectivity index is 1.33. The minimum Gasteiger partial charge on any atom is -0.378 e. The number of carbonyl (C=O) groups is 1. The van der Waals surface area contributed by atoms with Gasteiger partial charge in [0, 0.05) is 18.6 Å². The summed E-state index contributed by atoms with van der Waals surface area (Å²) in [6, 6.07) is 10.7. The summed E-state index contributed by atoms with van der Waals surface area (Å²) >= 11 is 0. The number of nitrogens with one attached hydrogen (secondary N) is 1. The number of ether oxygens (including phenoxy) is 1. The van der Waals surface area contributed by atoms with Crippen LogP contribution in [0.2, 0.25) is 0 Å². The standard InChI is InChI=1S/C25H34N6O2/c1-19-21(17-26-22(27-19)30-13-15-33-16-14-30)31-18-24(28-23(31)32)9-11-25(12-10-24,29(2)3)20-7-5-4-6-8-20/h4-8,17H,9-16,18H2,1-3H3,(H,28,32)/t24-,25+. The van der Waals surface area contributed by atoms with Crippen LogP contribution < -0.4 is 15.1 Å². The molecule has 3 fully saturated rings. The van der Waals surface area contributed by atoms with Gasteiger partial charge < -0.3 is 15.0 Å². The molecular weight excluding hydrogens is 416 g/mol. The number of morpholine rings is 1. The maximum absolute atomic E-state index is 13.1. The van der Waals surface area contributed by atoms with E-state index in [2.05, 4.69) is 64.5 Å². The minimum absolute atomic E-state index is 0.00346. The zero-order chi connectivity index (χ0) is 23.1. The van der Waals surface area contributed by atoms with Crippen LogP contribution in [-0.2, 0) is 10.3 Å². The largest absolute Gasteiger partial charge is 0.378 e. The number of hydrogen-bond donors (Lipinski definition) is 1. The van der Waals surface area contributed by atoms with Crippen LogP contribution in [0, 0.1) is 6.92 Å². The molecule has 1 aromatic heterocycles. The van der Waals surface area contributed by atoms with Crippen molar-refractivity contribution in [3.63, 3.8) is 0 Å². The van der Waals surface area contributed by atoms with Gasteiger partial charge in [-0.15, -0.1) is 0 Å². The van der Waals surface area contributed by atoms with Gasteiger partial charge in [0.05, 0.1) is 42.9 Å². The highest BCUT2D eigenvalue weighted by atomic mass is 16.5. The Kier molecular flexibility index (Phi) is 5.74. The Morgan fingerprint density at radius 2 is 1.76 bits per heavy atom. The van der Waals surface area contributed by atoms with Gasteiger partial charge in [0.15, 0.2) is 0 Å². The molecule has 176 valence electrons. The molecule has 1 aliphatic carbocycles. The fourth-order valence-electron chi connectivity index (χ4n) is 5.70. The maximum atomic E-state index is 13.1. The van der Waals surface area contributed by atoms with E-state index in [1.807, 2.05) is 18.0 Å². The third-order valence-electron chi connectivity index (χ3n) is 7.80. The van der Waals surface area contributed by atoms with E-state index in [4.69, 9.17) is 9.72 Å². The van der Waals surface area contributed by atoms with Gasteiger partial charge in [0.1, 0.15) is 0 Å². The van der Waals surface area contributed by atoms with Crippen molar-refractivity contribution in [2.75, 3.05) is 56.7 Å². The minimum atomic E-state index is -0.208. The van der Waals surface area contributed by atoms with Crippen LogP contribution in [-0.4, -0.2) is 73.4 Å². The molecule has 8 heteroatoms. The van der Waals surface area contributed by atoms with Gasteiger partial charge in [-0.3, -0.25) is 9.80 Å². The molecule has 0 atom stereocenters. The third-order valence-corrected chi connectivity index (χ3v) is 7.80. The van der Waals surface area contributed by atoms with Gasteiger partial charge in [0.25, 0.3) is 0 Å². The monoisotopic (exact) mass is 450 g/mol. The topological polar surface area (TPSA) is 73.8 Å². The second kappa shape index (κ2) is 8.57. The molecule has 1 N–H and O–H groups in total. The Bertz CT molecular complexity index is 997. The molecule has 2 aromatic rings. The summed E-state index contributed by atoms with van der Waals surface area (Å²) in [5.74, 6) is 0.713. The van der Waals surface area contributed by atoms with Crippen molar-refractivity contribution in [3.8, 4) is 0 Å². The van der Waals surface area contributed by atoms with Gasteiger partial charge in [-0.05, 0) is 52.3 Å². The van der Waals surface area contributed by atoms with E-state index >= 15 is 0 Å². The number of rotatable bonds is 4. The number of benzene rings is 1. The second-order valence-corrected chi connectivity index (χ2v) is 9.83. The van der Waals surface area contributed by atoms with E-state index in [1.54, 1.807) is 0 Å². The Morgan fingerprint density at radius 1 is 1.06 bits per heavy atom. The third kappa shape index (κ3) is 3.95. The lowest BCUT2D eigenvalue weighted by atomic mass is 9.69. The molecule has 33 heavy (non-hydrogen) atoms. The average molecular weight is 451 g/mol. The summed E-state index contributed by atoms with van der Waals surface area (Å²) in [5, 5.41) is 3.34. The predicted molar refractivity (Wildman–Crippen MR) is 129 cm³/mol. The zero-order valence-corrected chi connectivity index (χ0v) is 19.9. The van der Waals surface area contributed by atoms with Crippen LogP contribution >= 0.6 is 0 Å². The maximum Gasteiger partial charge on any atom is 0.322 e. The smallest absolute Gasteiger partial charge is 0.322 e. The molecule has 2 aliphatic heterocycles. The number of hydrogen-bond acceptors (Lipinski definition) is 6. The number of aromatic nitrogens is 2. The van der Waals surface area contributed by atoms with E-state index in [9.17, 15) is 4.79 Å². The van der Waals surface area contributed by atoms with Crippen molar-refractivity contribution in [3.05, 3.63) is 47.8 Å². The van der Waals surface area contributed by atoms with Crippen molar-refractivity contribution in [2.45, 2.75) is 43.7 Å². The van der Waals surface area contributed by atoms with Crippen molar-refractivity contribution in [1.82, 2.24) is 20.2 Å². The normalized spacial score (nSPS) is 27.9. The first-order valence-corrected chi connectivity index (χ1v) is 11.9. The first-order chi connectivity index (χ1) is 15.9. The predicted octanol–water partition coefficient (Wildman–Crippen LogP) is 2.92. The van der Waals surface area contributed by atoms with Crippen LogP contribution in [0.3, 0.4) is 0 Å². The fourth-order valence-corrected chi connectivity index (χ4v) is 5.70. The molecule has 0 radical (unpaired) electrons. The molecule has 0 bridgehead atoms. The highest BCUT2D eigenvalue weighted by Gasteiger charge is 2.50. The lowest BCUT2D eigenvalue weighted by Crippen LogP contribution is -2.54. The Labute approximate surface area is 195 Å². The molecule has 1 spiro atoms. The number of carbonyl (C=O) groups excluding carboxylic acids is 1. The summed E-state index contributed by atoms with van der Waals surface area (Å²) in [6.07, 6.45) is 5.69. The van der Waals surface area contributed by atoms with Crippen LogP contribution in [0.4, 0.5) is 16.4 Å². The summed E-state index contributed by atoms with van der Waals surface area (Å²) < 4.78 is 5.43. The number of aryl methyl sites for hydroxylation is 1. The van der Waals surface area contributed by atoms with Gasteiger partial charge in [-0.25, -0.2) is 14.8 Å². The SMILES string of the molecule is Cc1nc(N2CCOCC2)ncc1N1C[C@]2(CC[C@](c3ccccc3)(N(C)C)CC2)NC1=O. The first-order valence-electron chi connectivity index (χ1n) is 11.9. The highest BCUT2D eigenvalue weighted by molar-refractivity contribution is 5.95. The van der Waals surface area contributed by atoms with Crippen molar-refractivity contribution >= 4 is 17.7 Å². The molecule has 2 saturated heterocycles. The number of nitrogens with zero attached hydrogens (tertiary/aromatic N) is 5. The lowest BCUT2D eigenvalue weighted by molar-refractivity contribution is 0.0658. The molecule has 1 saturated carbocycles. The van der Waals surface area contributed by atoms with Crippen molar-refractivity contribution in [2.24, 2.45) is 0 Å². The van der Waals surface area contributed by atoms with Crippen LogP contribution in [0.25, 0.3) is 0 Å². The van der Waals surface area contributed by atoms with Gasteiger partial charge in [0.2, 0.25) is 5.95 Å². The number of anilines is 2. The van der Waals surface area contributed by atoms with Crippen LogP contribution in [0.5, 0.6) is 0 Å². The zero-order valence-electron chi connectivity index (χ0n) is 19.9. The fraction of sp³-hybridized carbons (Fsp3) is 0.560.